The predicted octanol–water partition coefficient (Wildman–Crippen LogP) is 3.36. The molecule has 0 fully saturated rings. The Labute approximate surface area is 120 Å². The van der Waals surface area contributed by atoms with E-state index in [9.17, 15) is 0 Å². The molecule has 0 aliphatic rings. The van der Waals surface area contributed by atoms with Crippen molar-refractivity contribution in [1.82, 2.24) is 0 Å². The first kappa shape index (κ1) is 14.0. The second kappa shape index (κ2) is 6.63. The molecule has 3 nitrogen and oxygen atoms in total. The molecule has 3 N–H and O–H groups in total. The molecule has 0 aromatic heterocycles. The molecule has 0 saturated carbocycles. The van der Waals surface area contributed by atoms with Crippen molar-refractivity contribution < 1.29 is 0 Å². The van der Waals surface area contributed by atoms with E-state index >= 15 is 0 Å². The van der Waals surface area contributed by atoms with Crippen LogP contribution < -0.4 is 11.1 Å². The molecule has 0 spiro atoms. The van der Waals surface area contributed by atoms with Gasteiger partial charge in [-0.1, -0.05) is 31.2 Å². The van der Waals surface area contributed by atoms with Gasteiger partial charge in [0.2, 0.25) is 0 Å². The summed E-state index contributed by atoms with van der Waals surface area (Å²) in [5.74, 6) is 0. The highest BCUT2D eigenvalue weighted by Gasteiger charge is 2.00. The maximum Gasteiger partial charge on any atom is 0.0992 e. The van der Waals surface area contributed by atoms with Gasteiger partial charge in [-0.3, -0.25) is 0 Å². The highest BCUT2D eigenvalue weighted by molar-refractivity contribution is 5.68. The standard InChI is InChI=1S/C17H19N3/c1-2-13-3-5-14(6-4-13)9-10-20-17-8-7-15(12-18)11-16(17)19/h3-8,11,20H,2,9-10,19H2,1H3. The zero-order valence-electron chi connectivity index (χ0n) is 11.7. The van der Waals surface area contributed by atoms with Crippen LogP contribution in [0.1, 0.15) is 23.6 Å². The van der Waals surface area contributed by atoms with Gasteiger partial charge < -0.3 is 11.1 Å². The molecule has 0 radical (unpaired) electrons. The zero-order chi connectivity index (χ0) is 14.4. The van der Waals surface area contributed by atoms with Crippen molar-refractivity contribution >= 4 is 11.4 Å². The van der Waals surface area contributed by atoms with Crippen LogP contribution in [0, 0.1) is 11.3 Å². The molecule has 2 rings (SSSR count). The molecule has 0 unspecified atom stereocenters. The van der Waals surface area contributed by atoms with Crippen LogP contribution in [0.3, 0.4) is 0 Å². The van der Waals surface area contributed by atoms with Crippen LogP contribution in [-0.4, -0.2) is 6.54 Å². The third kappa shape index (κ3) is 3.52. The summed E-state index contributed by atoms with van der Waals surface area (Å²) in [6.45, 7) is 2.98. The number of nitrogen functional groups attached to an aromatic ring is 1. The second-order valence-corrected chi connectivity index (χ2v) is 4.76. The van der Waals surface area contributed by atoms with Gasteiger partial charge in [-0.05, 0) is 42.2 Å². The number of nitrogens with one attached hydrogen (secondary N) is 1. The molecule has 0 bridgehead atoms. The van der Waals surface area contributed by atoms with Gasteiger partial charge in [0, 0.05) is 6.54 Å². The average molecular weight is 265 g/mol. The molecule has 102 valence electrons. The van der Waals surface area contributed by atoms with Gasteiger partial charge in [-0.2, -0.15) is 5.26 Å². The lowest BCUT2D eigenvalue weighted by Gasteiger charge is -2.09. The number of nitriles is 1. The lowest BCUT2D eigenvalue weighted by Crippen LogP contribution is -2.07. The van der Waals surface area contributed by atoms with Crippen molar-refractivity contribution in [1.29, 1.82) is 5.26 Å². The summed E-state index contributed by atoms with van der Waals surface area (Å²) in [6.07, 6.45) is 2.02. The number of nitrogens with zero attached hydrogens (tertiary/aromatic N) is 1. The number of rotatable bonds is 5. The van der Waals surface area contributed by atoms with E-state index in [1.165, 1.54) is 11.1 Å². The maximum absolute atomic E-state index is 8.79. The maximum atomic E-state index is 8.79. The van der Waals surface area contributed by atoms with Crippen LogP contribution in [-0.2, 0) is 12.8 Å². The van der Waals surface area contributed by atoms with Crippen molar-refractivity contribution in [2.24, 2.45) is 0 Å². The number of aryl methyl sites for hydroxylation is 1. The summed E-state index contributed by atoms with van der Waals surface area (Å²) >= 11 is 0. The molecular weight excluding hydrogens is 246 g/mol. The van der Waals surface area contributed by atoms with Gasteiger partial charge in [-0.25, -0.2) is 0 Å². The zero-order valence-corrected chi connectivity index (χ0v) is 11.7. The molecule has 0 saturated heterocycles. The molecule has 3 heteroatoms. The van der Waals surface area contributed by atoms with E-state index in [1.807, 2.05) is 6.07 Å². The normalized spacial score (nSPS) is 10.0. The fourth-order valence-electron chi connectivity index (χ4n) is 2.08. The molecule has 20 heavy (non-hydrogen) atoms. The van der Waals surface area contributed by atoms with Crippen LogP contribution in [0.2, 0.25) is 0 Å². The minimum atomic E-state index is 0.586. The third-order valence-corrected chi connectivity index (χ3v) is 3.34. The fourth-order valence-corrected chi connectivity index (χ4v) is 2.08. The number of benzene rings is 2. The van der Waals surface area contributed by atoms with Crippen LogP contribution in [0.5, 0.6) is 0 Å². The van der Waals surface area contributed by atoms with E-state index in [1.54, 1.807) is 12.1 Å². The van der Waals surface area contributed by atoms with E-state index in [0.29, 0.717) is 11.3 Å². The van der Waals surface area contributed by atoms with Crippen molar-refractivity contribution in [3.63, 3.8) is 0 Å². The molecule has 0 atom stereocenters. The van der Waals surface area contributed by atoms with E-state index in [4.69, 9.17) is 11.0 Å². The average Bonchev–Trinajstić information content (AvgIpc) is 2.49. The van der Waals surface area contributed by atoms with Crippen LogP contribution in [0.15, 0.2) is 42.5 Å². The lowest BCUT2D eigenvalue weighted by molar-refractivity contribution is 1.01. The molecule has 0 heterocycles. The topological polar surface area (TPSA) is 61.8 Å². The number of hydrogen-bond donors (Lipinski definition) is 2. The monoisotopic (exact) mass is 265 g/mol. The Hall–Kier alpha value is -2.47. The first-order chi connectivity index (χ1) is 9.72. The van der Waals surface area contributed by atoms with Crippen molar-refractivity contribution in [3.8, 4) is 6.07 Å². The van der Waals surface area contributed by atoms with Crippen molar-refractivity contribution in [2.75, 3.05) is 17.6 Å². The fraction of sp³-hybridized carbons (Fsp3) is 0.235. The van der Waals surface area contributed by atoms with Gasteiger partial charge in [-0.15, -0.1) is 0 Å². The SMILES string of the molecule is CCc1ccc(CCNc2ccc(C#N)cc2N)cc1. The highest BCUT2D eigenvalue weighted by atomic mass is 14.9. The Morgan fingerprint density at radius 1 is 1.10 bits per heavy atom. The minimum Gasteiger partial charge on any atom is -0.397 e. The second-order valence-electron chi connectivity index (χ2n) is 4.76. The molecule has 2 aromatic rings. The third-order valence-electron chi connectivity index (χ3n) is 3.34. The minimum absolute atomic E-state index is 0.586. The van der Waals surface area contributed by atoms with Gasteiger partial charge >= 0.3 is 0 Å². The lowest BCUT2D eigenvalue weighted by atomic mass is 10.1. The Morgan fingerprint density at radius 3 is 2.40 bits per heavy atom. The smallest absolute Gasteiger partial charge is 0.0992 e. The molecular formula is C17H19N3. The summed E-state index contributed by atoms with van der Waals surface area (Å²) in [5.41, 5.74) is 10.7. The predicted molar refractivity (Wildman–Crippen MR) is 83.6 cm³/mol. The first-order valence-electron chi connectivity index (χ1n) is 6.84. The van der Waals surface area contributed by atoms with Gasteiger partial charge in [0.25, 0.3) is 0 Å². The number of hydrogen-bond acceptors (Lipinski definition) is 3. The van der Waals surface area contributed by atoms with Crippen LogP contribution >= 0.6 is 0 Å². The summed E-state index contributed by atoms with van der Waals surface area (Å²) in [6, 6.07) is 16.1. The Morgan fingerprint density at radius 2 is 1.80 bits per heavy atom. The number of nitrogens with two attached hydrogens (primary N) is 1. The summed E-state index contributed by atoms with van der Waals surface area (Å²) in [5, 5.41) is 12.1. The first-order valence-corrected chi connectivity index (χ1v) is 6.84. The Balaban J connectivity index is 1.91. The largest absolute Gasteiger partial charge is 0.397 e. The van der Waals surface area contributed by atoms with Crippen molar-refractivity contribution in [2.45, 2.75) is 19.8 Å². The van der Waals surface area contributed by atoms with Gasteiger partial charge in [0.15, 0.2) is 0 Å². The Kier molecular flexibility index (Phi) is 4.62. The van der Waals surface area contributed by atoms with Gasteiger partial charge in [0.1, 0.15) is 0 Å². The van der Waals surface area contributed by atoms with Crippen LogP contribution in [0.4, 0.5) is 11.4 Å². The van der Waals surface area contributed by atoms with E-state index in [-0.39, 0.29) is 0 Å². The summed E-state index contributed by atoms with van der Waals surface area (Å²) < 4.78 is 0. The molecule has 0 aliphatic heterocycles. The van der Waals surface area contributed by atoms with Crippen molar-refractivity contribution in [3.05, 3.63) is 59.2 Å². The highest BCUT2D eigenvalue weighted by Crippen LogP contribution is 2.19. The number of anilines is 2. The molecule has 0 amide bonds. The van der Waals surface area contributed by atoms with Gasteiger partial charge in [0.05, 0.1) is 23.0 Å². The van der Waals surface area contributed by atoms with E-state index in [2.05, 4.69) is 42.6 Å². The molecule has 0 aliphatic carbocycles. The quantitative estimate of drug-likeness (QED) is 0.815. The van der Waals surface area contributed by atoms with E-state index in [0.717, 1.165) is 25.1 Å². The van der Waals surface area contributed by atoms with Crippen LogP contribution in [0.25, 0.3) is 0 Å². The summed E-state index contributed by atoms with van der Waals surface area (Å²) in [7, 11) is 0. The van der Waals surface area contributed by atoms with E-state index < -0.39 is 0 Å². The molecule has 2 aromatic carbocycles. The summed E-state index contributed by atoms with van der Waals surface area (Å²) in [4.78, 5) is 0. The Bertz CT molecular complexity index is 609.